The third-order valence-corrected chi connectivity index (χ3v) is 8.40. The summed E-state index contributed by atoms with van der Waals surface area (Å²) < 4.78 is 74.2. The number of rotatable bonds is 6. The zero-order valence-corrected chi connectivity index (χ0v) is 29.8. The number of nitrogens with zero attached hydrogens (tertiary/aromatic N) is 4. The van der Waals surface area contributed by atoms with Crippen molar-refractivity contribution in [1.82, 2.24) is 30.6 Å². The summed E-state index contributed by atoms with van der Waals surface area (Å²) in [5.41, 5.74) is 2.98. The minimum Gasteiger partial charge on any atom is -0.497 e. The van der Waals surface area contributed by atoms with Crippen LogP contribution in [0.2, 0.25) is 0 Å². The first-order valence-corrected chi connectivity index (χ1v) is 16.6. The Morgan fingerprint density at radius 1 is 0.621 bits per heavy atom. The highest BCUT2D eigenvalue weighted by Crippen LogP contribution is 2.49. The van der Waals surface area contributed by atoms with Gasteiger partial charge in [0.05, 0.1) is 36.3 Å². The van der Waals surface area contributed by atoms with Gasteiger partial charge in [-0.25, -0.2) is 29.5 Å². The lowest BCUT2D eigenvalue weighted by Gasteiger charge is -2.37. The first-order chi connectivity index (χ1) is 27.5. The highest BCUT2D eigenvalue weighted by Gasteiger charge is 2.63. The summed E-state index contributed by atoms with van der Waals surface area (Å²) in [5.74, 6) is -1.97. The fraction of sp³-hybridized carbons (Fsp3) is 0.167. The van der Waals surface area contributed by atoms with Gasteiger partial charge < -0.3 is 40.3 Å². The number of H-pyrrole nitrogens is 2. The van der Waals surface area contributed by atoms with E-state index in [2.05, 4.69) is 43.4 Å². The van der Waals surface area contributed by atoms with E-state index in [9.17, 15) is 26.3 Å². The minimum atomic E-state index is -5.08. The van der Waals surface area contributed by atoms with Crippen LogP contribution in [0.15, 0.2) is 107 Å². The number of imidazole rings is 2. The van der Waals surface area contributed by atoms with Crippen LogP contribution in [0.1, 0.15) is 11.1 Å². The Labute approximate surface area is 322 Å². The zero-order valence-electron chi connectivity index (χ0n) is 29.8. The number of anilines is 2. The highest BCUT2D eigenvalue weighted by molar-refractivity contribution is 6.02. The molecule has 2 aromatic heterocycles. The molecule has 4 aromatic carbocycles. The number of hydrogen-bond donors (Lipinski definition) is 8. The number of aliphatic carboxylic acids is 2. The van der Waals surface area contributed by atoms with E-state index in [-0.39, 0.29) is 0 Å². The Morgan fingerprint density at radius 3 is 1.36 bits per heavy atom. The maximum absolute atomic E-state index is 10.6. The number of ether oxygens (including phenoxy) is 2. The lowest BCUT2D eigenvalue weighted by atomic mass is 9.83. The van der Waals surface area contributed by atoms with E-state index in [1.807, 2.05) is 84.9 Å². The van der Waals surface area contributed by atoms with Crippen molar-refractivity contribution in [2.24, 2.45) is 9.98 Å². The normalized spacial score (nSPS) is 18.2. The van der Waals surface area contributed by atoms with Crippen molar-refractivity contribution in [3.8, 4) is 11.5 Å². The van der Waals surface area contributed by atoms with Gasteiger partial charge in [0.15, 0.2) is 5.66 Å². The van der Waals surface area contributed by atoms with E-state index in [0.29, 0.717) is 23.8 Å². The molecule has 4 heterocycles. The number of guanidine groups is 2. The topological polar surface area (TPSA) is 223 Å². The second-order valence-corrected chi connectivity index (χ2v) is 12.1. The zero-order chi connectivity index (χ0) is 41.9. The molecular formula is C36H30F6N10O6. The van der Waals surface area contributed by atoms with Crippen molar-refractivity contribution in [3.63, 3.8) is 0 Å². The second-order valence-electron chi connectivity index (χ2n) is 12.1. The second kappa shape index (κ2) is 15.5. The molecule has 8 N–H and O–H groups in total. The molecule has 0 atom stereocenters. The molecule has 0 aliphatic carbocycles. The molecule has 0 bridgehead atoms. The summed E-state index contributed by atoms with van der Waals surface area (Å²) in [5, 5.41) is 28.2. The van der Waals surface area contributed by atoms with Gasteiger partial charge in [-0.05, 0) is 24.3 Å². The summed E-state index contributed by atoms with van der Waals surface area (Å²) >= 11 is 0. The van der Waals surface area contributed by atoms with Crippen LogP contribution in [-0.4, -0.2) is 80.6 Å². The number of hydrogen-bond acceptors (Lipinski definition) is 12. The van der Waals surface area contributed by atoms with Crippen molar-refractivity contribution < 1.29 is 55.6 Å². The molecule has 6 aromatic rings. The van der Waals surface area contributed by atoms with Crippen LogP contribution in [0.4, 0.5) is 38.2 Å². The maximum atomic E-state index is 10.6. The first-order valence-electron chi connectivity index (χ1n) is 16.6. The Kier molecular flexibility index (Phi) is 10.8. The Morgan fingerprint density at radius 2 is 1.00 bits per heavy atom. The fourth-order valence-electron chi connectivity index (χ4n) is 5.88. The number of benzene rings is 4. The lowest BCUT2D eigenvalue weighted by molar-refractivity contribution is -0.193. The van der Waals surface area contributed by atoms with Crippen LogP contribution in [-0.2, 0) is 20.9 Å². The Hall–Kier alpha value is -7.52. The Balaban J connectivity index is 0.000000349. The quantitative estimate of drug-likeness (QED) is 0.0926. The molecule has 2 aliphatic heterocycles. The van der Waals surface area contributed by atoms with E-state index >= 15 is 0 Å². The van der Waals surface area contributed by atoms with Crippen LogP contribution in [0, 0.1) is 0 Å². The SMILES string of the molecule is COc1ccc2nc(NC3=NC4(c5ccccc5)N=C(Nc5nc6ccc(OC)cc6[nH]5)NC4(c4ccccc4)N3)[nH]c2c1.O=C(O)C(F)(F)F.O=C(O)C(F)(F)F. The van der Waals surface area contributed by atoms with Gasteiger partial charge in [-0.3, -0.25) is 10.6 Å². The number of aliphatic imine (C=N–C) groups is 2. The van der Waals surface area contributed by atoms with Gasteiger partial charge in [0, 0.05) is 23.3 Å². The molecule has 8 rings (SSSR count). The summed E-state index contributed by atoms with van der Waals surface area (Å²) in [4.78, 5) is 44.3. The predicted molar refractivity (Wildman–Crippen MR) is 197 cm³/mol. The van der Waals surface area contributed by atoms with E-state index in [0.717, 1.165) is 44.7 Å². The molecule has 0 radical (unpaired) electrons. The van der Waals surface area contributed by atoms with Crippen molar-refractivity contribution in [3.05, 3.63) is 108 Å². The van der Waals surface area contributed by atoms with Crippen LogP contribution < -0.4 is 30.7 Å². The molecule has 58 heavy (non-hydrogen) atoms. The molecule has 0 saturated carbocycles. The number of nitrogens with one attached hydrogen (secondary N) is 6. The molecule has 0 unspecified atom stereocenters. The smallest absolute Gasteiger partial charge is 0.490 e. The minimum absolute atomic E-state index is 0.495. The van der Waals surface area contributed by atoms with Gasteiger partial charge in [-0.15, -0.1) is 0 Å². The number of halogens is 6. The number of alkyl halides is 6. The highest BCUT2D eigenvalue weighted by atomic mass is 19.4. The first kappa shape index (κ1) is 40.2. The largest absolute Gasteiger partial charge is 0.497 e. The number of aromatic amines is 2. The molecule has 22 heteroatoms. The third kappa shape index (κ3) is 8.20. The van der Waals surface area contributed by atoms with E-state index in [4.69, 9.17) is 49.2 Å². The maximum Gasteiger partial charge on any atom is 0.490 e. The van der Waals surface area contributed by atoms with Crippen LogP contribution in [0.5, 0.6) is 11.5 Å². The van der Waals surface area contributed by atoms with E-state index in [1.54, 1.807) is 14.2 Å². The monoisotopic (exact) mass is 812 g/mol. The van der Waals surface area contributed by atoms with Crippen molar-refractivity contribution in [2.75, 3.05) is 24.9 Å². The number of carboxylic acids is 2. The molecule has 0 saturated heterocycles. The van der Waals surface area contributed by atoms with Gasteiger partial charge in [0.2, 0.25) is 29.5 Å². The summed E-state index contributed by atoms with van der Waals surface area (Å²) in [6.45, 7) is 0. The number of carboxylic acid groups (broad SMARTS) is 2. The standard InChI is InChI=1S/C32H28N10O2.2C2HF3O2/c1-43-21-13-15-23-25(17-21)35-27(33-23)37-29-39-31(19-9-5-3-6-10-19)32(40-29,20-11-7-4-8-12-20)42-30(41-31)38-28-34-24-16-14-22(44-2)18-26(24)36-28;2*3-2(4,5)1(6)7/h3-18H,1-2H3,(H3,33,35,37,39,40)(H3,34,36,38,41,42);2*(H,6,7). The number of aromatic nitrogens is 4. The van der Waals surface area contributed by atoms with Crippen molar-refractivity contribution in [2.45, 2.75) is 23.7 Å². The molecule has 0 spiro atoms. The molecular weight excluding hydrogens is 782 g/mol. The average Bonchev–Trinajstić information content (AvgIpc) is 3.93. The van der Waals surface area contributed by atoms with Gasteiger partial charge in [0.1, 0.15) is 11.5 Å². The van der Waals surface area contributed by atoms with Crippen molar-refractivity contribution in [1.29, 1.82) is 0 Å². The van der Waals surface area contributed by atoms with Gasteiger partial charge in [-0.2, -0.15) is 26.3 Å². The molecule has 0 amide bonds. The third-order valence-electron chi connectivity index (χ3n) is 8.40. The van der Waals surface area contributed by atoms with Crippen molar-refractivity contribution >= 4 is 57.8 Å². The van der Waals surface area contributed by atoms with Gasteiger partial charge in [0.25, 0.3) is 0 Å². The Bertz CT molecular complexity index is 2380. The summed E-state index contributed by atoms with van der Waals surface area (Å²) in [6.07, 6.45) is -10.2. The van der Waals surface area contributed by atoms with Crippen LogP contribution >= 0.6 is 0 Å². The summed E-state index contributed by atoms with van der Waals surface area (Å²) in [6, 6.07) is 31.5. The van der Waals surface area contributed by atoms with Gasteiger partial charge >= 0.3 is 24.3 Å². The van der Waals surface area contributed by atoms with Gasteiger partial charge in [-0.1, -0.05) is 60.7 Å². The molecule has 2 aliphatic rings. The number of methoxy groups -OCH3 is 2. The van der Waals surface area contributed by atoms with E-state index in [1.165, 1.54) is 0 Å². The molecule has 302 valence electrons. The number of fused-ring (bicyclic) bond motifs is 3. The fourth-order valence-corrected chi connectivity index (χ4v) is 5.88. The van der Waals surface area contributed by atoms with Crippen LogP contribution in [0.3, 0.4) is 0 Å². The summed E-state index contributed by atoms with van der Waals surface area (Å²) in [7, 11) is 3.28. The average molecular weight is 813 g/mol. The van der Waals surface area contributed by atoms with E-state index < -0.39 is 35.6 Å². The molecule has 0 fully saturated rings. The lowest BCUT2D eigenvalue weighted by Crippen LogP contribution is -2.60. The molecule has 16 nitrogen and oxygen atoms in total. The number of carbonyl (C=O) groups is 2. The van der Waals surface area contributed by atoms with Crippen LogP contribution in [0.25, 0.3) is 22.1 Å². The predicted octanol–water partition coefficient (Wildman–Crippen LogP) is 5.87.